The number of carbonyl (C=O) groups is 1. The van der Waals surface area contributed by atoms with E-state index in [2.05, 4.69) is 10.2 Å². The summed E-state index contributed by atoms with van der Waals surface area (Å²) in [6, 6.07) is 8.57. The van der Waals surface area contributed by atoms with Gasteiger partial charge in [-0.15, -0.1) is 10.2 Å². The fraction of sp³-hybridized carbons (Fsp3) is 0.316. The first kappa shape index (κ1) is 22.9. The molecular weight excluding hydrogens is 472 g/mol. The van der Waals surface area contributed by atoms with E-state index in [1.165, 1.54) is 34.3 Å². The summed E-state index contributed by atoms with van der Waals surface area (Å²) in [7, 11) is -3.89. The first-order valence-corrected chi connectivity index (χ1v) is 12.3. The molecule has 1 aliphatic heterocycles. The van der Waals surface area contributed by atoms with Crippen LogP contribution in [0.2, 0.25) is 0 Å². The van der Waals surface area contributed by atoms with E-state index >= 15 is 0 Å². The molecule has 0 bridgehead atoms. The summed E-state index contributed by atoms with van der Waals surface area (Å²) < 4.78 is 34.1. The van der Waals surface area contributed by atoms with E-state index in [4.69, 9.17) is 4.42 Å². The number of nitro benzene ring substituents is 1. The molecular formula is C19H20N6O6S2. The van der Waals surface area contributed by atoms with Crippen molar-refractivity contribution in [2.75, 3.05) is 31.9 Å². The number of piperazine rings is 1. The smallest absolute Gasteiger partial charge is 0.270 e. The van der Waals surface area contributed by atoms with Gasteiger partial charge in [0.05, 0.1) is 28.4 Å². The molecule has 0 saturated carbocycles. The van der Waals surface area contributed by atoms with Crippen LogP contribution < -0.4 is 0 Å². The molecule has 33 heavy (non-hydrogen) atoms. The summed E-state index contributed by atoms with van der Waals surface area (Å²) in [5.41, 5.74) is -0.290. The van der Waals surface area contributed by atoms with Crippen molar-refractivity contribution in [3.8, 4) is 0 Å². The van der Waals surface area contributed by atoms with Gasteiger partial charge < -0.3 is 13.9 Å². The minimum absolute atomic E-state index is 0.107. The average Bonchev–Trinajstić information content (AvgIpc) is 3.50. The molecule has 0 aliphatic carbocycles. The topological polar surface area (TPSA) is 145 Å². The van der Waals surface area contributed by atoms with Crippen molar-refractivity contribution >= 4 is 33.4 Å². The lowest BCUT2D eigenvalue weighted by Crippen LogP contribution is -2.51. The van der Waals surface area contributed by atoms with Gasteiger partial charge in [0.25, 0.3) is 5.69 Å². The molecule has 1 aliphatic rings. The first-order chi connectivity index (χ1) is 15.8. The third-order valence-corrected chi connectivity index (χ3v) is 7.93. The van der Waals surface area contributed by atoms with Crippen molar-refractivity contribution < 1.29 is 22.6 Å². The number of carbonyl (C=O) groups excluding carboxylic acids is 1. The average molecular weight is 493 g/mol. The van der Waals surface area contributed by atoms with Crippen molar-refractivity contribution in [3.05, 3.63) is 64.9 Å². The van der Waals surface area contributed by atoms with Crippen LogP contribution in [-0.2, 0) is 21.4 Å². The monoisotopic (exact) mass is 492 g/mol. The Labute approximate surface area is 193 Å². The molecule has 1 fully saturated rings. The largest absolute Gasteiger partial charge is 0.467 e. The van der Waals surface area contributed by atoms with Crippen LogP contribution in [0.15, 0.2) is 63.5 Å². The predicted octanol–water partition coefficient (Wildman–Crippen LogP) is 1.45. The van der Waals surface area contributed by atoms with Gasteiger partial charge in [-0.25, -0.2) is 8.42 Å². The molecule has 1 saturated heterocycles. The maximum atomic E-state index is 12.9. The van der Waals surface area contributed by atoms with E-state index in [-0.39, 0.29) is 48.4 Å². The Balaban J connectivity index is 1.32. The van der Waals surface area contributed by atoms with Gasteiger partial charge in [0.1, 0.15) is 12.1 Å². The summed E-state index contributed by atoms with van der Waals surface area (Å²) in [6.07, 6.45) is 3.14. The minimum atomic E-state index is -3.89. The zero-order valence-corrected chi connectivity index (χ0v) is 18.9. The maximum absolute atomic E-state index is 12.9. The number of non-ortho nitro benzene ring substituents is 1. The molecule has 1 amide bonds. The Morgan fingerprint density at radius 3 is 2.67 bits per heavy atom. The number of hydrogen-bond donors (Lipinski definition) is 0. The zero-order valence-electron chi connectivity index (χ0n) is 17.3. The van der Waals surface area contributed by atoms with Gasteiger partial charge in [0, 0.05) is 38.3 Å². The Morgan fingerprint density at radius 2 is 1.97 bits per heavy atom. The van der Waals surface area contributed by atoms with E-state index in [1.54, 1.807) is 28.1 Å². The molecule has 0 radical (unpaired) electrons. The summed E-state index contributed by atoms with van der Waals surface area (Å²) in [6.45, 7) is 1.12. The third-order valence-electron chi connectivity index (χ3n) is 5.07. The van der Waals surface area contributed by atoms with Gasteiger partial charge in [-0.2, -0.15) is 4.31 Å². The van der Waals surface area contributed by atoms with Gasteiger partial charge in [0.15, 0.2) is 5.16 Å². The number of benzene rings is 1. The lowest BCUT2D eigenvalue weighted by Gasteiger charge is -2.34. The van der Waals surface area contributed by atoms with Gasteiger partial charge in [-0.1, -0.05) is 17.8 Å². The van der Waals surface area contributed by atoms with Crippen molar-refractivity contribution in [2.24, 2.45) is 0 Å². The van der Waals surface area contributed by atoms with Crippen LogP contribution >= 0.6 is 11.8 Å². The van der Waals surface area contributed by atoms with Crippen molar-refractivity contribution in [2.45, 2.75) is 16.6 Å². The summed E-state index contributed by atoms with van der Waals surface area (Å²) in [5.74, 6) is 0.734. The van der Waals surface area contributed by atoms with Gasteiger partial charge in [-0.05, 0) is 18.2 Å². The molecule has 0 atom stereocenters. The predicted molar refractivity (Wildman–Crippen MR) is 117 cm³/mol. The number of amides is 1. The molecule has 3 aromatic rings. The molecule has 0 spiro atoms. The lowest BCUT2D eigenvalue weighted by molar-refractivity contribution is -0.385. The van der Waals surface area contributed by atoms with E-state index < -0.39 is 14.9 Å². The van der Waals surface area contributed by atoms with E-state index in [0.29, 0.717) is 11.7 Å². The van der Waals surface area contributed by atoms with E-state index in [0.717, 1.165) is 11.8 Å². The SMILES string of the molecule is O=C(CSc1nncn1Cc1ccco1)N1CCN(S(=O)(=O)c2cccc([N+](=O)[O-])c2)CC1. The molecule has 174 valence electrons. The van der Waals surface area contributed by atoms with Crippen LogP contribution in [0.25, 0.3) is 0 Å². The van der Waals surface area contributed by atoms with Gasteiger partial charge >= 0.3 is 0 Å². The third kappa shape index (κ3) is 5.23. The molecule has 4 rings (SSSR count). The molecule has 0 unspecified atom stereocenters. The van der Waals surface area contributed by atoms with Crippen molar-refractivity contribution in [1.82, 2.24) is 24.0 Å². The number of aromatic nitrogens is 3. The molecule has 1 aromatic carbocycles. The molecule has 3 heterocycles. The second-order valence-electron chi connectivity index (χ2n) is 7.15. The fourth-order valence-corrected chi connectivity index (χ4v) is 5.62. The molecule has 0 N–H and O–H groups in total. The number of sulfonamides is 1. The Kier molecular flexibility index (Phi) is 6.76. The molecule has 14 heteroatoms. The van der Waals surface area contributed by atoms with Crippen molar-refractivity contribution in [3.63, 3.8) is 0 Å². The van der Waals surface area contributed by atoms with Crippen LogP contribution in [0.4, 0.5) is 5.69 Å². The van der Waals surface area contributed by atoms with Crippen molar-refractivity contribution in [1.29, 1.82) is 0 Å². The number of nitro groups is 1. The molecule has 2 aromatic heterocycles. The second-order valence-corrected chi connectivity index (χ2v) is 10.0. The highest BCUT2D eigenvalue weighted by Gasteiger charge is 2.31. The highest BCUT2D eigenvalue weighted by molar-refractivity contribution is 7.99. The maximum Gasteiger partial charge on any atom is 0.270 e. The zero-order chi connectivity index (χ0) is 23.4. The number of rotatable bonds is 8. The highest BCUT2D eigenvalue weighted by Crippen LogP contribution is 2.23. The quantitative estimate of drug-likeness (QED) is 0.259. The summed E-state index contributed by atoms with van der Waals surface area (Å²) in [5, 5.41) is 19.5. The molecule has 12 nitrogen and oxygen atoms in total. The van der Waals surface area contributed by atoms with Crippen LogP contribution in [0.1, 0.15) is 5.76 Å². The normalized spacial score (nSPS) is 15.0. The standard InChI is InChI=1S/C19H20N6O6S2/c26-18(13-32-19-21-20-14-23(19)12-16-4-2-10-31-16)22-6-8-24(9-7-22)33(29,30)17-5-1-3-15(11-17)25(27)28/h1-5,10-11,14H,6-9,12-13H2. The number of nitrogens with zero attached hydrogens (tertiary/aromatic N) is 6. The summed E-state index contributed by atoms with van der Waals surface area (Å²) >= 11 is 1.25. The van der Waals surface area contributed by atoms with Gasteiger partial charge in [-0.3, -0.25) is 14.9 Å². The number of hydrogen-bond acceptors (Lipinski definition) is 9. The second kappa shape index (κ2) is 9.72. The Bertz CT molecular complexity index is 1240. The lowest BCUT2D eigenvalue weighted by atomic mass is 10.3. The Morgan fingerprint density at radius 1 is 1.18 bits per heavy atom. The van der Waals surface area contributed by atoms with Gasteiger partial charge in [0.2, 0.25) is 15.9 Å². The fourth-order valence-electron chi connectivity index (χ4n) is 3.34. The van der Waals surface area contributed by atoms with Crippen LogP contribution in [0, 0.1) is 10.1 Å². The minimum Gasteiger partial charge on any atom is -0.467 e. The van der Waals surface area contributed by atoms with Crippen LogP contribution in [-0.4, -0.2) is 75.1 Å². The van der Waals surface area contributed by atoms with Crippen LogP contribution in [0.5, 0.6) is 0 Å². The number of furan rings is 1. The Hall–Kier alpha value is -3.23. The summed E-state index contributed by atoms with van der Waals surface area (Å²) in [4.78, 5) is 24.4. The first-order valence-electron chi connectivity index (χ1n) is 9.90. The van der Waals surface area contributed by atoms with E-state index in [9.17, 15) is 23.3 Å². The highest BCUT2D eigenvalue weighted by atomic mass is 32.2. The van der Waals surface area contributed by atoms with Crippen LogP contribution in [0.3, 0.4) is 0 Å². The number of thioether (sulfide) groups is 1. The van der Waals surface area contributed by atoms with E-state index in [1.807, 2.05) is 6.07 Å².